The number of nitrogens with one attached hydrogen (secondary N) is 1. The molecule has 3 aromatic carbocycles. The summed E-state index contributed by atoms with van der Waals surface area (Å²) in [5.74, 6) is 0.841. The van der Waals surface area contributed by atoms with Crippen molar-refractivity contribution in [2.45, 2.75) is 25.3 Å². The van der Waals surface area contributed by atoms with Crippen molar-refractivity contribution in [3.05, 3.63) is 89.5 Å². The molecular weight excluding hydrogens is 376 g/mol. The van der Waals surface area contributed by atoms with E-state index in [-0.39, 0.29) is 17.9 Å². The van der Waals surface area contributed by atoms with E-state index in [4.69, 9.17) is 4.74 Å². The first-order valence-corrected chi connectivity index (χ1v) is 10.1. The zero-order valence-corrected chi connectivity index (χ0v) is 16.7. The van der Waals surface area contributed by atoms with E-state index >= 15 is 0 Å². The van der Waals surface area contributed by atoms with E-state index in [1.54, 1.807) is 4.90 Å². The highest BCUT2D eigenvalue weighted by atomic mass is 16.5. The topological polar surface area (TPSA) is 58.6 Å². The van der Waals surface area contributed by atoms with Crippen molar-refractivity contribution in [3.63, 3.8) is 0 Å². The highest BCUT2D eigenvalue weighted by Gasteiger charge is 2.36. The number of benzene rings is 3. The first kappa shape index (κ1) is 18.4. The summed E-state index contributed by atoms with van der Waals surface area (Å²) in [7, 11) is 0. The molecule has 2 heterocycles. The SMILES string of the molecule is Cc1ccc(N2CC(NC(=O)C3c4ccccc4Oc4ccccc43)CC2=O)cc1. The van der Waals surface area contributed by atoms with Crippen molar-refractivity contribution in [1.29, 1.82) is 0 Å². The number of hydrogen-bond acceptors (Lipinski definition) is 3. The Balaban J connectivity index is 1.39. The lowest BCUT2D eigenvalue weighted by molar-refractivity contribution is -0.122. The van der Waals surface area contributed by atoms with E-state index in [2.05, 4.69) is 5.32 Å². The van der Waals surface area contributed by atoms with E-state index < -0.39 is 5.92 Å². The van der Waals surface area contributed by atoms with Crippen molar-refractivity contribution in [1.82, 2.24) is 5.32 Å². The lowest BCUT2D eigenvalue weighted by Crippen LogP contribution is -2.40. The normalized spacial score (nSPS) is 17.8. The van der Waals surface area contributed by atoms with Crippen LogP contribution in [-0.2, 0) is 9.59 Å². The standard InChI is InChI=1S/C25H22N2O3/c1-16-10-12-18(13-11-16)27-15-17(14-23(27)28)26-25(29)24-19-6-2-4-8-21(19)30-22-9-5-3-7-20(22)24/h2-13,17,24H,14-15H2,1H3,(H,26,29). The van der Waals surface area contributed by atoms with Crippen molar-refractivity contribution in [3.8, 4) is 11.5 Å². The summed E-state index contributed by atoms with van der Waals surface area (Å²) in [5, 5.41) is 3.11. The minimum atomic E-state index is -0.463. The lowest BCUT2D eigenvalue weighted by Gasteiger charge is -2.28. The molecule has 0 spiro atoms. The minimum Gasteiger partial charge on any atom is -0.457 e. The number of rotatable bonds is 3. The van der Waals surface area contributed by atoms with E-state index in [0.717, 1.165) is 22.4 Å². The number of nitrogens with zero attached hydrogens (tertiary/aromatic N) is 1. The van der Waals surface area contributed by atoms with Crippen LogP contribution in [0.2, 0.25) is 0 Å². The Kier molecular flexibility index (Phi) is 4.51. The second-order valence-corrected chi connectivity index (χ2v) is 7.86. The van der Waals surface area contributed by atoms with Gasteiger partial charge in [0.2, 0.25) is 11.8 Å². The van der Waals surface area contributed by atoms with Crippen LogP contribution in [0.4, 0.5) is 5.69 Å². The van der Waals surface area contributed by atoms with Crippen LogP contribution in [0.1, 0.15) is 29.0 Å². The summed E-state index contributed by atoms with van der Waals surface area (Å²) in [5.41, 5.74) is 3.69. The Bertz CT molecular complexity index is 1080. The van der Waals surface area contributed by atoms with E-state index in [1.807, 2.05) is 79.7 Å². The van der Waals surface area contributed by atoms with Gasteiger partial charge in [-0.15, -0.1) is 0 Å². The van der Waals surface area contributed by atoms with Gasteiger partial charge < -0.3 is 15.0 Å². The molecule has 1 atom stereocenters. The molecule has 30 heavy (non-hydrogen) atoms. The molecule has 0 aliphatic carbocycles. The maximum atomic E-state index is 13.4. The van der Waals surface area contributed by atoms with Gasteiger partial charge in [0.05, 0.1) is 12.0 Å². The highest BCUT2D eigenvalue weighted by molar-refractivity contribution is 5.97. The lowest BCUT2D eigenvalue weighted by atomic mass is 9.87. The molecule has 0 saturated carbocycles. The number of fused-ring (bicyclic) bond motifs is 2. The number of amides is 2. The number of anilines is 1. The molecule has 1 saturated heterocycles. The fourth-order valence-corrected chi connectivity index (χ4v) is 4.26. The largest absolute Gasteiger partial charge is 0.457 e. The van der Waals surface area contributed by atoms with Gasteiger partial charge >= 0.3 is 0 Å². The number of hydrogen-bond donors (Lipinski definition) is 1. The summed E-state index contributed by atoms with van der Waals surface area (Å²) in [6, 6.07) is 22.9. The monoisotopic (exact) mass is 398 g/mol. The summed E-state index contributed by atoms with van der Waals surface area (Å²) in [4.78, 5) is 27.7. The predicted octanol–water partition coefficient (Wildman–Crippen LogP) is 4.15. The van der Waals surface area contributed by atoms with Crippen molar-refractivity contribution in [2.24, 2.45) is 0 Å². The molecule has 1 unspecified atom stereocenters. The number of ether oxygens (including phenoxy) is 1. The molecule has 2 aliphatic rings. The van der Waals surface area contributed by atoms with Gasteiger partial charge in [-0.3, -0.25) is 9.59 Å². The van der Waals surface area contributed by atoms with Gasteiger partial charge in [-0.05, 0) is 31.2 Å². The third-order valence-electron chi connectivity index (χ3n) is 5.76. The van der Waals surface area contributed by atoms with Gasteiger partial charge in [-0.2, -0.15) is 0 Å². The number of carbonyl (C=O) groups excluding carboxylic acids is 2. The quantitative estimate of drug-likeness (QED) is 0.721. The van der Waals surface area contributed by atoms with Gasteiger partial charge in [0, 0.05) is 29.8 Å². The van der Waals surface area contributed by atoms with Crippen LogP contribution in [0.25, 0.3) is 0 Å². The summed E-state index contributed by atoms with van der Waals surface area (Å²) in [6.45, 7) is 2.49. The average molecular weight is 398 g/mol. The summed E-state index contributed by atoms with van der Waals surface area (Å²) >= 11 is 0. The van der Waals surface area contributed by atoms with Crippen LogP contribution < -0.4 is 15.0 Å². The molecule has 5 rings (SSSR count). The maximum Gasteiger partial charge on any atom is 0.232 e. The fourth-order valence-electron chi connectivity index (χ4n) is 4.26. The summed E-state index contributed by atoms with van der Waals surface area (Å²) in [6.07, 6.45) is 0.298. The molecule has 0 aromatic heterocycles. The molecule has 0 bridgehead atoms. The Hall–Kier alpha value is -3.60. The fraction of sp³-hybridized carbons (Fsp3) is 0.200. The van der Waals surface area contributed by atoms with E-state index in [0.29, 0.717) is 24.5 Å². The third kappa shape index (κ3) is 3.22. The first-order valence-electron chi connectivity index (χ1n) is 10.1. The second kappa shape index (κ2) is 7.34. The van der Waals surface area contributed by atoms with Crippen molar-refractivity contribution in [2.75, 3.05) is 11.4 Å². The van der Waals surface area contributed by atoms with Crippen LogP contribution in [0, 0.1) is 6.92 Å². The molecule has 150 valence electrons. The molecule has 5 nitrogen and oxygen atoms in total. The van der Waals surface area contributed by atoms with Gasteiger partial charge in [0.25, 0.3) is 0 Å². The van der Waals surface area contributed by atoms with Gasteiger partial charge in [0.1, 0.15) is 11.5 Å². The van der Waals surface area contributed by atoms with Crippen LogP contribution in [-0.4, -0.2) is 24.4 Å². The van der Waals surface area contributed by atoms with E-state index in [1.165, 1.54) is 0 Å². The van der Waals surface area contributed by atoms with Crippen molar-refractivity contribution >= 4 is 17.5 Å². The number of aryl methyl sites for hydroxylation is 1. The van der Waals surface area contributed by atoms with Crippen LogP contribution in [0.5, 0.6) is 11.5 Å². The molecule has 1 N–H and O–H groups in total. The van der Waals surface area contributed by atoms with Crippen LogP contribution in [0.3, 0.4) is 0 Å². The zero-order valence-electron chi connectivity index (χ0n) is 16.7. The van der Waals surface area contributed by atoms with Crippen LogP contribution >= 0.6 is 0 Å². The maximum absolute atomic E-state index is 13.4. The Morgan fingerprint density at radius 2 is 1.53 bits per heavy atom. The second-order valence-electron chi connectivity index (χ2n) is 7.86. The molecule has 1 fully saturated rings. The van der Waals surface area contributed by atoms with Crippen molar-refractivity contribution < 1.29 is 14.3 Å². The number of carbonyl (C=O) groups is 2. The Morgan fingerprint density at radius 1 is 0.933 bits per heavy atom. The Morgan fingerprint density at radius 3 is 2.17 bits per heavy atom. The zero-order chi connectivity index (χ0) is 20.7. The average Bonchev–Trinajstić information content (AvgIpc) is 3.12. The van der Waals surface area contributed by atoms with Gasteiger partial charge in [0.15, 0.2) is 0 Å². The van der Waals surface area contributed by atoms with E-state index in [9.17, 15) is 9.59 Å². The van der Waals surface area contributed by atoms with Gasteiger partial charge in [-0.25, -0.2) is 0 Å². The third-order valence-corrected chi connectivity index (χ3v) is 5.76. The highest BCUT2D eigenvalue weighted by Crippen LogP contribution is 2.44. The predicted molar refractivity (Wildman–Crippen MR) is 115 cm³/mol. The van der Waals surface area contributed by atoms with Gasteiger partial charge in [-0.1, -0.05) is 54.1 Å². The first-order chi connectivity index (χ1) is 14.6. The smallest absolute Gasteiger partial charge is 0.232 e. The molecule has 2 amide bonds. The van der Waals surface area contributed by atoms with Crippen LogP contribution in [0.15, 0.2) is 72.8 Å². The molecule has 2 aliphatic heterocycles. The Labute approximate surface area is 175 Å². The molecule has 5 heteroatoms. The molecular formula is C25H22N2O3. The summed E-state index contributed by atoms with van der Waals surface area (Å²) < 4.78 is 5.99. The minimum absolute atomic E-state index is 0.0249. The molecule has 3 aromatic rings. The number of para-hydroxylation sites is 2. The molecule has 0 radical (unpaired) electrons.